The van der Waals surface area contributed by atoms with E-state index in [4.69, 9.17) is 16.0 Å². The summed E-state index contributed by atoms with van der Waals surface area (Å²) in [6.07, 6.45) is 7.16. The summed E-state index contributed by atoms with van der Waals surface area (Å²) < 4.78 is 9.42. The molecule has 2 heterocycles. The van der Waals surface area contributed by atoms with Gasteiger partial charge in [0.2, 0.25) is 5.78 Å². The Hall–Kier alpha value is -4.71. The minimum Gasteiger partial charge on any atom is -0.452 e. The van der Waals surface area contributed by atoms with Crippen molar-refractivity contribution in [3.63, 3.8) is 0 Å². The molecule has 0 unspecified atom stereocenters. The molecule has 0 atom stereocenters. The van der Waals surface area contributed by atoms with Gasteiger partial charge in [-0.05, 0) is 61.5 Å². The second kappa shape index (κ2) is 12.8. The lowest BCUT2D eigenvalue weighted by atomic mass is 9.98. The van der Waals surface area contributed by atoms with E-state index in [9.17, 15) is 29.8 Å². The number of carbonyl (C=O) groups excluding carboxylic acids is 2. The topological polar surface area (TPSA) is 172 Å². The number of carbonyl (C=O) groups is 2. The summed E-state index contributed by atoms with van der Waals surface area (Å²) in [7, 11) is 0. The fourth-order valence-electron chi connectivity index (χ4n) is 3.38. The molecule has 0 amide bonds. The Labute approximate surface area is 215 Å². The van der Waals surface area contributed by atoms with Gasteiger partial charge < -0.3 is 8.83 Å². The first kappa shape index (κ1) is 28.5. The van der Waals surface area contributed by atoms with Crippen LogP contribution in [0.2, 0.25) is 0 Å². The van der Waals surface area contributed by atoms with Gasteiger partial charge in [0.15, 0.2) is 6.39 Å². The van der Waals surface area contributed by atoms with Crippen LogP contribution in [0, 0.1) is 47.9 Å². The molecule has 0 aliphatic rings. The third kappa shape index (κ3) is 7.64. The maximum atomic E-state index is 12.1. The van der Waals surface area contributed by atoms with Crippen molar-refractivity contribution in [2.45, 2.75) is 27.7 Å². The van der Waals surface area contributed by atoms with Gasteiger partial charge in [0.05, 0.1) is 22.2 Å². The molecule has 0 bridgehead atoms. The van der Waals surface area contributed by atoms with Gasteiger partial charge in [0.25, 0.3) is 22.5 Å². The molecule has 2 aromatic carbocycles. The van der Waals surface area contributed by atoms with Gasteiger partial charge in [0.1, 0.15) is 12.5 Å². The van der Waals surface area contributed by atoms with E-state index >= 15 is 0 Å². The number of non-ortho nitro benzene ring substituents is 2. The highest BCUT2D eigenvalue weighted by atomic mass is 35.5. The Kier molecular flexibility index (Phi) is 9.90. The number of hydrogen-bond donors (Lipinski definition) is 0. The van der Waals surface area contributed by atoms with Crippen molar-refractivity contribution < 1.29 is 28.3 Å². The van der Waals surface area contributed by atoms with Gasteiger partial charge in [-0.25, -0.2) is 9.97 Å². The van der Waals surface area contributed by atoms with Crippen molar-refractivity contribution in [1.29, 1.82) is 0 Å². The highest BCUT2D eigenvalue weighted by Crippen LogP contribution is 2.24. The first-order valence-electron chi connectivity index (χ1n) is 10.4. The van der Waals surface area contributed by atoms with Crippen LogP contribution in [0.25, 0.3) is 0 Å². The lowest BCUT2D eigenvalue weighted by Gasteiger charge is -2.06. The maximum Gasteiger partial charge on any atom is 0.270 e. The monoisotopic (exact) mass is 528 g/mol. The Balaban J connectivity index is 0.000000224. The van der Waals surface area contributed by atoms with Crippen LogP contribution in [0.3, 0.4) is 0 Å². The molecule has 13 heteroatoms. The Bertz CT molecular complexity index is 1350. The molecule has 4 aromatic rings. The molecule has 12 nitrogen and oxygen atoms in total. The van der Waals surface area contributed by atoms with E-state index in [1.807, 2.05) is 0 Å². The van der Waals surface area contributed by atoms with Crippen LogP contribution in [0.1, 0.15) is 48.9 Å². The van der Waals surface area contributed by atoms with E-state index in [-0.39, 0.29) is 23.0 Å². The van der Waals surface area contributed by atoms with Crippen LogP contribution in [-0.2, 0) is 0 Å². The van der Waals surface area contributed by atoms with Gasteiger partial charge in [-0.3, -0.25) is 29.8 Å². The van der Waals surface area contributed by atoms with Crippen LogP contribution in [0.4, 0.5) is 11.4 Å². The highest BCUT2D eigenvalue weighted by Gasteiger charge is 2.21. The standard InChI is InChI=1S/C12H10N2O4.C9H8ClNO3.C3H3NO/c1-7-5-9(14(16)17)6-8(2)10(7)11(15)12-13-3-4-18-12;1-5-3-7(11(13)14)4-6(2)8(5)9(10)12;1-2-5-3-4-1/h3-6H,1-2H3;3-4H,1-2H3;1-3H. The third-order valence-electron chi connectivity index (χ3n) is 4.85. The molecule has 2 aromatic heterocycles. The van der Waals surface area contributed by atoms with Crippen molar-refractivity contribution in [1.82, 2.24) is 9.97 Å². The van der Waals surface area contributed by atoms with Crippen LogP contribution < -0.4 is 0 Å². The minimum absolute atomic E-state index is 0.0185. The zero-order chi connectivity index (χ0) is 27.7. The molecule has 192 valence electrons. The number of nitrogens with zero attached hydrogens (tertiary/aromatic N) is 4. The second-order valence-corrected chi connectivity index (χ2v) is 7.88. The lowest BCUT2D eigenvalue weighted by molar-refractivity contribution is -0.385. The molecule has 37 heavy (non-hydrogen) atoms. The quantitative estimate of drug-likeness (QED) is 0.135. The summed E-state index contributed by atoms with van der Waals surface area (Å²) in [6, 6.07) is 5.40. The third-order valence-corrected chi connectivity index (χ3v) is 5.04. The van der Waals surface area contributed by atoms with Crippen LogP contribution in [-0.4, -0.2) is 30.8 Å². The predicted molar refractivity (Wildman–Crippen MR) is 132 cm³/mol. The number of aromatic nitrogens is 2. The maximum absolute atomic E-state index is 12.1. The first-order chi connectivity index (χ1) is 17.4. The minimum atomic E-state index is -0.588. The van der Waals surface area contributed by atoms with Gasteiger partial charge in [-0.15, -0.1) is 0 Å². The Morgan fingerprint density at radius 1 is 0.811 bits per heavy atom. The summed E-state index contributed by atoms with van der Waals surface area (Å²) in [5.74, 6) is -0.389. The molecule has 4 rings (SSSR count). The molecule has 0 aliphatic carbocycles. The first-order valence-corrected chi connectivity index (χ1v) is 10.8. The second-order valence-electron chi connectivity index (χ2n) is 7.54. The summed E-state index contributed by atoms with van der Waals surface area (Å²) in [5.41, 5.74) is 2.79. The largest absolute Gasteiger partial charge is 0.452 e. The van der Waals surface area contributed by atoms with Crippen molar-refractivity contribution >= 4 is 34.0 Å². The van der Waals surface area contributed by atoms with Gasteiger partial charge >= 0.3 is 0 Å². The zero-order valence-electron chi connectivity index (χ0n) is 20.1. The molecule has 0 N–H and O–H groups in total. The van der Waals surface area contributed by atoms with E-state index in [1.54, 1.807) is 33.9 Å². The normalized spacial score (nSPS) is 9.86. The number of nitro benzene ring substituents is 2. The van der Waals surface area contributed by atoms with E-state index in [0.29, 0.717) is 33.4 Å². The number of oxazole rings is 2. The Morgan fingerprint density at radius 3 is 1.59 bits per heavy atom. The summed E-state index contributed by atoms with van der Waals surface area (Å²) in [5, 5.41) is 20.6. The molecule has 0 fully saturated rings. The number of aryl methyl sites for hydroxylation is 4. The van der Waals surface area contributed by atoms with E-state index in [1.165, 1.54) is 49.4 Å². The fourth-order valence-corrected chi connectivity index (χ4v) is 3.68. The van der Waals surface area contributed by atoms with Gasteiger partial charge in [-0.1, -0.05) is 0 Å². The molecule has 0 aliphatic heterocycles. The number of halogens is 1. The SMILES string of the molecule is Cc1cc([N+](=O)[O-])cc(C)c1C(=O)Cl.Cc1cc([N+](=O)[O-])cc(C)c1C(=O)c1ncco1.c1cocn1. The summed E-state index contributed by atoms with van der Waals surface area (Å²) in [6.45, 7) is 6.54. The van der Waals surface area contributed by atoms with Crippen molar-refractivity contribution in [3.8, 4) is 0 Å². The smallest absolute Gasteiger partial charge is 0.270 e. The molecular formula is C24H21ClN4O8. The number of ketones is 1. The van der Waals surface area contributed by atoms with E-state index in [2.05, 4.69) is 14.4 Å². The van der Waals surface area contributed by atoms with E-state index in [0.717, 1.165) is 0 Å². The summed E-state index contributed by atoms with van der Waals surface area (Å²) in [4.78, 5) is 50.6. The van der Waals surface area contributed by atoms with Crippen LogP contribution >= 0.6 is 11.6 Å². The molecule has 0 radical (unpaired) electrons. The number of nitro groups is 2. The molecule has 0 spiro atoms. The van der Waals surface area contributed by atoms with Crippen molar-refractivity contribution in [3.05, 3.63) is 115 Å². The molecule has 0 saturated heterocycles. The predicted octanol–water partition coefficient (Wildman–Crippen LogP) is 5.70. The van der Waals surface area contributed by atoms with Gasteiger partial charge in [-0.2, -0.15) is 0 Å². The van der Waals surface area contributed by atoms with Crippen LogP contribution in [0.5, 0.6) is 0 Å². The lowest BCUT2D eigenvalue weighted by Crippen LogP contribution is -2.07. The number of rotatable bonds is 5. The molecule has 0 saturated carbocycles. The number of benzene rings is 2. The Morgan fingerprint density at radius 2 is 1.30 bits per heavy atom. The molecular weight excluding hydrogens is 508 g/mol. The number of hydrogen-bond acceptors (Lipinski definition) is 10. The van der Waals surface area contributed by atoms with Crippen molar-refractivity contribution in [2.75, 3.05) is 0 Å². The zero-order valence-corrected chi connectivity index (χ0v) is 20.9. The van der Waals surface area contributed by atoms with Crippen molar-refractivity contribution in [2.24, 2.45) is 0 Å². The average molecular weight is 529 g/mol. The van der Waals surface area contributed by atoms with E-state index < -0.39 is 15.1 Å². The van der Waals surface area contributed by atoms with Gasteiger partial charge in [0, 0.05) is 35.4 Å². The summed E-state index contributed by atoms with van der Waals surface area (Å²) >= 11 is 5.34. The fraction of sp³-hybridized carbons (Fsp3) is 0.167. The average Bonchev–Trinajstić information content (AvgIpc) is 3.55. The highest BCUT2D eigenvalue weighted by molar-refractivity contribution is 6.68. The van der Waals surface area contributed by atoms with Crippen LogP contribution in [0.15, 0.2) is 64.4 Å².